The summed E-state index contributed by atoms with van der Waals surface area (Å²) >= 11 is 5.91. The molecule has 0 atom stereocenters. The van der Waals surface area contributed by atoms with E-state index in [1.165, 1.54) is 6.92 Å². The maximum absolute atomic E-state index is 11.9. The summed E-state index contributed by atoms with van der Waals surface area (Å²) in [5.41, 5.74) is 0.952. The summed E-state index contributed by atoms with van der Waals surface area (Å²) in [4.78, 5) is 23.0. The third kappa shape index (κ3) is 5.75. The van der Waals surface area contributed by atoms with Crippen molar-refractivity contribution in [3.8, 4) is 0 Å². The van der Waals surface area contributed by atoms with Crippen LogP contribution in [0.3, 0.4) is 0 Å². The zero-order chi connectivity index (χ0) is 14.6. The van der Waals surface area contributed by atoms with Crippen LogP contribution in [-0.2, 0) is 9.59 Å². The van der Waals surface area contributed by atoms with Gasteiger partial charge in [-0.1, -0.05) is 32.4 Å². The van der Waals surface area contributed by atoms with Crippen molar-refractivity contribution >= 4 is 34.8 Å². The van der Waals surface area contributed by atoms with E-state index in [0.717, 1.165) is 0 Å². The molecule has 4 nitrogen and oxygen atoms in total. The normalized spacial score (nSPS) is 11.0. The van der Waals surface area contributed by atoms with Crippen molar-refractivity contribution in [2.45, 2.75) is 34.1 Å². The van der Waals surface area contributed by atoms with Crippen LogP contribution >= 0.6 is 11.6 Å². The minimum atomic E-state index is -0.200. The van der Waals surface area contributed by atoms with E-state index >= 15 is 0 Å². The van der Waals surface area contributed by atoms with Crippen LogP contribution in [0.4, 0.5) is 11.4 Å². The molecule has 0 spiro atoms. The van der Waals surface area contributed by atoms with Gasteiger partial charge in [0.25, 0.3) is 0 Å². The molecule has 0 bridgehead atoms. The molecule has 0 heterocycles. The first-order valence-electron chi connectivity index (χ1n) is 6.04. The van der Waals surface area contributed by atoms with E-state index in [4.69, 9.17) is 11.6 Å². The second-order valence-electron chi connectivity index (χ2n) is 5.66. The van der Waals surface area contributed by atoms with Gasteiger partial charge < -0.3 is 10.6 Å². The van der Waals surface area contributed by atoms with Crippen molar-refractivity contribution in [3.05, 3.63) is 23.2 Å². The molecule has 0 saturated heterocycles. The number of benzene rings is 1. The van der Waals surface area contributed by atoms with Gasteiger partial charge in [0.05, 0.1) is 11.4 Å². The number of hydrogen-bond acceptors (Lipinski definition) is 2. The van der Waals surface area contributed by atoms with E-state index in [-0.39, 0.29) is 17.2 Å². The number of rotatable bonds is 3. The average Bonchev–Trinajstić information content (AvgIpc) is 2.18. The van der Waals surface area contributed by atoms with Crippen LogP contribution in [0.2, 0.25) is 5.02 Å². The Morgan fingerprint density at radius 1 is 1.16 bits per heavy atom. The number of carbonyl (C=O) groups is 2. The highest BCUT2D eigenvalue weighted by atomic mass is 35.5. The van der Waals surface area contributed by atoms with Crippen molar-refractivity contribution in [2.24, 2.45) is 5.41 Å². The third-order valence-corrected chi connectivity index (χ3v) is 2.49. The fourth-order valence-electron chi connectivity index (χ4n) is 1.59. The Hall–Kier alpha value is -1.55. The summed E-state index contributed by atoms with van der Waals surface area (Å²) in [5.74, 6) is -0.310. The van der Waals surface area contributed by atoms with Crippen LogP contribution in [0.1, 0.15) is 34.1 Å². The summed E-state index contributed by atoms with van der Waals surface area (Å²) < 4.78 is 0. The molecule has 0 unspecified atom stereocenters. The summed E-state index contributed by atoms with van der Waals surface area (Å²) in [6.07, 6.45) is 0.388. The van der Waals surface area contributed by atoms with Gasteiger partial charge >= 0.3 is 0 Å². The zero-order valence-electron chi connectivity index (χ0n) is 11.6. The SMILES string of the molecule is CC(=O)Nc1ccc(Cl)cc1NC(=O)CC(C)(C)C. The Labute approximate surface area is 118 Å². The number of carbonyl (C=O) groups excluding carboxylic acids is 2. The second-order valence-corrected chi connectivity index (χ2v) is 6.09. The predicted molar refractivity (Wildman–Crippen MR) is 78.5 cm³/mol. The van der Waals surface area contributed by atoms with Gasteiger partial charge in [-0.3, -0.25) is 9.59 Å². The average molecular weight is 283 g/mol. The number of nitrogens with one attached hydrogen (secondary N) is 2. The highest BCUT2D eigenvalue weighted by Crippen LogP contribution is 2.27. The lowest BCUT2D eigenvalue weighted by molar-refractivity contribution is -0.118. The first kappa shape index (κ1) is 15.5. The van der Waals surface area contributed by atoms with E-state index in [9.17, 15) is 9.59 Å². The molecular formula is C14H19ClN2O2. The smallest absolute Gasteiger partial charge is 0.224 e. The maximum atomic E-state index is 11.9. The van der Waals surface area contributed by atoms with Crippen LogP contribution < -0.4 is 10.6 Å². The second kappa shape index (κ2) is 6.06. The van der Waals surface area contributed by atoms with Crippen molar-refractivity contribution in [1.29, 1.82) is 0 Å². The molecule has 0 fully saturated rings. The standard InChI is InChI=1S/C14H19ClN2O2/c1-9(18)16-11-6-5-10(15)7-12(11)17-13(19)8-14(2,3)4/h5-7H,8H2,1-4H3,(H,16,18)(H,17,19). The van der Waals surface area contributed by atoms with Gasteiger partial charge in [0, 0.05) is 18.4 Å². The van der Waals surface area contributed by atoms with Gasteiger partial charge in [-0.25, -0.2) is 0 Å². The van der Waals surface area contributed by atoms with Gasteiger partial charge in [0.2, 0.25) is 11.8 Å². The Morgan fingerprint density at radius 3 is 2.32 bits per heavy atom. The Kier molecular flexibility index (Phi) is 4.95. The minimum absolute atomic E-state index is 0.100. The third-order valence-electron chi connectivity index (χ3n) is 2.26. The molecule has 1 aromatic rings. The molecule has 2 amide bonds. The van der Waals surface area contributed by atoms with Crippen LogP contribution in [0.25, 0.3) is 0 Å². The molecule has 104 valence electrons. The molecule has 0 aliphatic carbocycles. The van der Waals surface area contributed by atoms with Gasteiger partial charge in [-0.05, 0) is 23.6 Å². The molecule has 0 aromatic heterocycles. The molecule has 0 saturated carbocycles. The predicted octanol–water partition coefficient (Wildman–Crippen LogP) is 3.67. The van der Waals surface area contributed by atoms with Crippen LogP contribution in [0.15, 0.2) is 18.2 Å². The lowest BCUT2D eigenvalue weighted by Crippen LogP contribution is -2.20. The molecule has 5 heteroatoms. The Morgan fingerprint density at radius 2 is 1.79 bits per heavy atom. The summed E-state index contributed by atoms with van der Waals surface area (Å²) in [6.45, 7) is 7.37. The minimum Gasteiger partial charge on any atom is -0.325 e. The van der Waals surface area contributed by atoms with E-state index in [1.807, 2.05) is 20.8 Å². The highest BCUT2D eigenvalue weighted by Gasteiger charge is 2.17. The van der Waals surface area contributed by atoms with E-state index in [1.54, 1.807) is 18.2 Å². The lowest BCUT2D eigenvalue weighted by atomic mass is 9.92. The van der Waals surface area contributed by atoms with E-state index in [2.05, 4.69) is 10.6 Å². The maximum Gasteiger partial charge on any atom is 0.224 e. The monoisotopic (exact) mass is 282 g/mol. The van der Waals surface area contributed by atoms with Gasteiger partial charge in [0.15, 0.2) is 0 Å². The lowest BCUT2D eigenvalue weighted by Gasteiger charge is -2.18. The molecule has 0 aliphatic rings. The summed E-state index contributed by atoms with van der Waals surface area (Å²) in [7, 11) is 0. The molecule has 0 aliphatic heterocycles. The molecule has 1 rings (SSSR count). The van der Waals surface area contributed by atoms with E-state index in [0.29, 0.717) is 22.8 Å². The van der Waals surface area contributed by atoms with Crippen LogP contribution in [0, 0.1) is 5.41 Å². The Bertz CT molecular complexity index is 493. The summed E-state index contributed by atoms with van der Waals surface area (Å²) in [6, 6.07) is 4.94. The number of halogens is 1. The first-order valence-corrected chi connectivity index (χ1v) is 6.42. The van der Waals surface area contributed by atoms with Crippen molar-refractivity contribution in [3.63, 3.8) is 0 Å². The van der Waals surface area contributed by atoms with Gasteiger partial charge in [-0.2, -0.15) is 0 Å². The molecule has 2 N–H and O–H groups in total. The van der Waals surface area contributed by atoms with E-state index < -0.39 is 0 Å². The number of anilines is 2. The van der Waals surface area contributed by atoms with Gasteiger partial charge in [-0.15, -0.1) is 0 Å². The Balaban J connectivity index is 2.89. The molecular weight excluding hydrogens is 264 g/mol. The fourth-order valence-corrected chi connectivity index (χ4v) is 1.77. The van der Waals surface area contributed by atoms with Gasteiger partial charge in [0.1, 0.15) is 0 Å². The highest BCUT2D eigenvalue weighted by molar-refractivity contribution is 6.31. The quantitative estimate of drug-likeness (QED) is 0.888. The largest absolute Gasteiger partial charge is 0.325 e. The summed E-state index contributed by atoms with van der Waals surface area (Å²) in [5, 5.41) is 5.93. The fraction of sp³-hybridized carbons (Fsp3) is 0.429. The first-order chi connectivity index (χ1) is 8.67. The molecule has 19 heavy (non-hydrogen) atoms. The van der Waals surface area contributed by atoms with Crippen molar-refractivity contribution < 1.29 is 9.59 Å². The zero-order valence-corrected chi connectivity index (χ0v) is 12.4. The molecule has 1 aromatic carbocycles. The van der Waals surface area contributed by atoms with Crippen LogP contribution in [0.5, 0.6) is 0 Å². The number of hydrogen-bond donors (Lipinski definition) is 2. The molecule has 0 radical (unpaired) electrons. The van der Waals surface area contributed by atoms with Crippen molar-refractivity contribution in [2.75, 3.05) is 10.6 Å². The topological polar surface area (TPSA) is 58.2 Å². The number of amides is 2. The van der Waals surface area contributed by atoms with Crippen molar-refractivity contribution in [1.82, 2.24) is 0 Å². The van der Waals surface area contributed by atoms with Crippen LogP contribution in [-0.4, -0.2) is 11.8 Å².